The topological polar surface area (TPSA) is 107 Å². The lowest BCUT2D eigenvalue weighted by atomic mass is 9.96. The van der Waals surface area contributed by atoms with Crippen molar-refractivity contribution in [2.75, 3.05) is 13.2 Å². The molecule has 0 fully saturated rings. The number of hydrogen-bond donors (Lipinski definition) is 4. The highest BCUT2D eigenvalue weighted by Gasteiger charge is 2.17. The average Bonchev–Trinajstić information content (AvgIpc) is 2.79. The molecule has 0 radical (unpaired) electrons. The van der Waals surface area contributed by atoms with Crippen LogP contribution in [0.3, 0.4) is 0 Å². The van der Waals surface area contributed by atoms with E-state index < -0.39 is 11.9 Å². The summed E-state index contributed by atoms with van der Waals surface area (Å²) in [6, 6.07) is 28.4. The van der Waals surface area contributed by atoms with Crippen LogP contribution in [-0.2, 0) is 9.59 Å². The van der Waals surface area contributed by atoms with E-state index in [-0.39, 0.29) is 18.6 Å². The molecule has 3 aromatic carbocycles. The molecule has 0 heterocycles. The second-order valence-corrected chi connectivity index (χ2v) is 7.14. The number of aliphatic hydroxyl groups is 1. The Labute approximate surface area is 185 Å². The summed E-state index contributed by atoms with van der Waals surface area (Å²) in [5, 5.41) is 28.9. The number of carboxylic acids is 2. The second kappa shape index (κ2) is 12.5. The van der Waals surface area contributed by atoms with E-state index >= 15 is 0 Å². The van der Waals surface area contributed by atoms with Gasteiger partial charge in [0, 0.05) is 17.5 Å². The van der Waals surface area contributed by atoms with Crippen molar-refractivity contribution in [2.45, 2.75) is 12.0 Å². The quantitative estimate of drug-likeness (QED) is 0.413. The lowest BCUT2D eigenvalue weighted by molar-refractivity contribution is -0.159. The SMILES string of the molecule is O=C(O)C(=O)O.OCC(CNC(c1ccccc1)c1ccc(Cl)cc1)c1ccccc1. The zero-order valence-corrected chi connectivity index (χ0v) is 17.4. The van der Waals surface area contributed by atoms with Gasteiger partial charge >= 0.3 is 11.9 Å². The third-order valence-corrected chi connectivity index (χ3v) is 4.83. The number of rotatable bonds is 7. The molecule has 0 aliphatic heterocycles. The van der Waals surface area contributed by atoms with E-state index in [1.54, 1.807) is 0 Å². The van der Waals surface area contributed by atoms with Crippen molar-refractivity contribution in [2.24, 2.45) is 0 Å². The number of aliphatic hydroxyl groups excluding tert-OH is 1. The van der Waals surface area contributed by atoms with Crippen molar-refractivity contribution >= 4 is 23.5 Å². The summed E-state index contributed by atoms with van der Waals surface area (Å²) in [5.74, 6) is -3.59. The highest BCUT2D eigenvalue weighted by molar-refractivity contribution is 6.30. The molecule has 7 heteroatoms. The number of aliphatic carboxylic acids is 2. The van der Waals surface area contributed by atoms with Gasteiger partial charge in [-0.1, -0.05) is 84.4 Å². The first-order valence-corrected chi connectivity index (χ1v) is 9.96. The summed E-state index contributed by atoms with van der Waals surface area (Å²) in [6.45, 7) is 0.793. The highest BCUT2D eigenvalue weighted by atomic mass is 35.5. The third-order valence-electron chi connectivity index (χ3n) is 4.58. The number of hydrogen-bond acceptors (Lipinski definition) is 4. The minimum atomic E-state index is -1.82. The number of halogens is 1. The van der Waals surface area contributed by atoms with E-state index in [0.717, 1.165) is 16.1 Å². The Kier molecular flexibility index (Phi) is 9.71. The first-order chi connectivity index (χ1) is 14.9. The van der Waals surface area contributed by atoms with Crippen LogP contribution in [0.5, 0.6) is 0 Å². The Balaban J connectivity index is 0.000000501. The van der Waals surface area contributed by atoms with Gasteiger partial charge in [0.15, 0.2) is 0 Å². The largest absolute Gasteiger partial charge is 0.473 e. The van der Waals surface area contributed by atoms with Gasteiger partial charge in [-0.3, -0.25) is 0 Å². The molecular weight excluding hydrogens is 418 g/mol. The van der Waals surface area contributed by atoms with Gasteiger partial charge in [-0.2, -0.15) is 0 Å². The van der Waals surface area contributed by atoms with E-state index in [0.29, 0.717) is 6.54 Å². The molecule has 0 aliphatic carbocycles. The van der Waals surface area contributed by atoms with Crippen LogP contribution in [0.2, 0.25) is 5.02 Å². The van der Waals surface area contributed by atoms with Gasteiger partial charge in [0.25, 0.3) is 0 Å². The fourth-order valence-corrected chi connectivity index (χ4v) is 3.13. The predicted octanol–water partition coefficient (Wildman–Crippen LogP) is 3.95. The van der Waals surface area contributed by atoms with Crippen molar-refractivity contribution in [1.82, 2.24) is 5.32 Å². The summed E-state index contributed by atoms with van der Waals surface area (Å²) in [6.07, 6.45) is 0. The standard InChI is InChI=1S/C22H22ClNO.C2H2O4/c23-21-13-11-19(12-14-21)22(18-9-5-2-6-10-18)24-15-20(16-25)17-7-3-1-4-8-17;3-1(4)2(5)6/h1-14,20,22,24-25H,15-16H2;(H,3,4)(H,5,6). The van der Waals surface area contributed by atoms with Crippen LogP contribution in [0.15, 0.2) is 84.9 Å². The zero-order valence-electron chi connectivity index (χ0n) is 16.7. The Morgan fingerprint density at radius 1 is 0.742 bits per heavy atom. The number of benzene rings is 3. The van der Waals surface area contributed by atoms with Gasteiger partial charge in [-0.05, 0) is 28.8 Å². The van der Waals surface area contributed by atoms with E-state index in [2.05, 4.69) is 29.6 Å². The molecule has 3 rings (SSSR count). The molecule has 0 spiro atoms. The Morgan fingerprint density at radius 3 is 1.65 bits per heavy atom. The highest BCUT2D eigenvalue weighted by Crippen LogP contribution is 2.25. The molecule has 6 nitrogen and oxygen atoms in total. The van der Waals surface area contributed by atoms with Gasteiger partial charge < -0.3 is 20.6 Å². The van der Waals surface area contributed by atoms with Crippen molar-refractivity contribution in [3.63, 3.8) is 0 Å². The number of nitrogens with one attached hydrogen (secondary N) is 1. The van der Waals surface area contributed by atoms with Gasteiger partial charge in [0.2, 0.25) is 0 Å². The van der Waals surface area contributed by atoms with E-state index in [9.17, 15) is 5.11 Å². The fourth-order valence-electron chi connectivity index (χ4n) is 3.00. The van der Waals surface area contributed by atoms with Gasteiger partial charge in [-0.15, -0.1) is 0 Å². The molecule has 0 saturated heterocycles. The molecule has 0 saturated carbocycles. The van der Waals surface area contributed by atoms with Crippen LogP contribution in [0.4, 0.5) is 0 Å². The van der Waals surface area contributed by atoms with Crippen molar-refractivity contribution in [3.05, 3.63) is 107 Å². The predicted molar refractivity (Wildman–Crippen MR) is 119 cm³/mol. The van der Waals surface area contributed by atoms with E-state index in [1.807, 2.05) is 60.7 Å². The van der Waals surface area contributed by atoms with Crippen molar-refractivity contribution < 1.29 is 24.9 Å². The Bertz CT molecular complexity index is 937. The van der Waals surface area contributed by atoms with Crippen LogP contribution >= 0.6 is 11.6 Å². The average molecular weight is 442 g/mol. The maximum Gasteiger partial charge on any atom is 0.414 e. The molecule has 31 heavy (non-hydrogen) atoms. The maximum atomic E-state index is 9.81. The third kappa shape index (κ3) is 7.86. The molecule has 0 aliphatic rings. The molecular formula is C24H24ClNO5. The minimum Gasteiger partial charge on any atom is -0.473 e. The van der Waals surface area contributed by atoms with Crippen LogP contribution < -0.4 is 5.32 Å². The maximum absolute atomic E-state index is 9.81. The summed E-state index contributed by atoms with van der Waals surface area (Å²) >= 11 is 6.04. The lowest BCUT2D eigenvalue weighted by Crippen LogP contribution is -2.28. The smallest absolute Gasteiger partial charge is 0.414 e. The Morgan fingerprint density at radius 2 is 1.19 bits per heavy atom. The van der Waals surface area contributed by atoms with Crippen LogP contribution in [0, 0.1) is 0 Å². The van der Waals surface area contributed by atoms with Gasteiger partial charge in [-0.25, -0.2) is 9.59 Å². The van der Waals surface area contributed by atoms with E-state index in [1.165, 1.54) is 5.56 Å². The number of carbonyl (C=O) groups is 2. The van der Waals surface area contributed by atoms with Crippen molar-refractivity contribution in [1.29, 1.82) is 0 Å². The molecule has 4 N–H and O–H groups in total. The fraction of sp³-hybridized carbons (Fsp3) is 0.167. The molecule has 0 bridgehead atoms. The molecule has 162 valence electrons. The van der Waals surface area contributed by atoms with Crippen molar-refractivity contribution in [3.8, 4) is 0 Å². The Hall–Kier alpha value is -3.19. The normalized spacial score (nSPS) is 12.2. The molecule has 0 aromatic heterocycles. The lowest BCUT2D eigenvalue weighted by Gasteiger charge is -2.23. The second-order valence-electron chi connectivity index (χ2n) is 6.70. The summed E-state index contributed by atoms with van der Waals surface area (Å²) in [7, 11) is 0. The van der Waals surface area contributed by atoms with Crippen LogP contribution in [-0.4, -0.2) is 40.4 Å². The summed E-state index contributed by atoms with van der Waals surface area (Å²) in [5.41, 5.74) is 3.48. The van der Waals surface area contributed by atoms with E-state index in [4.69, 9.17) is 31.4 Å². The monoisotopic (exact) mass is 441 g/mol. The molecule has 2 unspecified atom stereocenters. The van der Waals surface area contributed by atoms with Gasteiger partial charge in [0.1, 0.15) is 0 Å². The minimum absolute atomic E-state index is 0.0521. The van der Waals surface area contributed by atoms with Gasteiger partial charge in [0.05, 0.1) is 12.6 Å². The molecule has 0 amide bonds. The zero-order chi connectivity index (χ0) is 22.6. The van der Waals surface area contributed by atoms with Crippen LogP contribution in [0.25, 0.3) is 0 Å². The van der Waals surface area contributed by atoms with Crippen LogP contribution in [0.1, 0.15) is 28.7 Å². The summed E-state index contributed by atoms with van der Waals surface area (Å²) in [4.78, 5) is 18.2. The first kappa shape index (κ1) is 24.1. The molecule has 3 aromatic rings. The molecule has 2 atom stereocenters. The summed E-state index contributed by atoms with van der Waals surface area (Å²) < 4.78 is 0. The number of carboxylic acid groups (broad SMARTS) is 2. The first-order valence-electron chi connectivity index (χ1n) is 9.58.